The first-order chi connectivity index (χ1) is 8.83. The molecule has 0 radical (unpaired) electrons. The van der Waals surface area contributed by atoms with E-state index in [-0.39, 0.29) is 24.3 Å². The van der Waals surface area contributed by atoms with Crippen molar-refractivity contribution in [1.82, 2.24) is 5.32 Å². The third kappa shape index (κ3) is 3.03. The molecule has 0 saturated carbocycles. The van der Waals surface area contributed by atoms with E-state index in [1.165, 1.54) is 17.0 Å². The van der Waals surface area contributed by atoms with Crippen LogP contribution in [0.4, 0.5) is 4.39 Å². The number of thiophene rings is 1. The van der Waals surface area contributed by atoms with E-state index >= 15 is 0 Å². The SMILES string of the molecule is Cl.Fc1ccc(-c2ccc(C3C=CNC=N3)s2)cc1. The number of rotatable bonds is 2. The van der Waals surface area contributed by atoms with Gasteiger partial charge in [0.05, 0.1) is 6.34 Å². The monoisotopic (exact) mass is 294 g/mol. The number of hydrogen-bond donors (Lipinski definition) is 1. The van der Waals surface area contributed by atoms with Crippen LogP contribution in [-0.2, 0) is 0 Å². The fourth-order valence-corrected chi connectivity index (χ4v) is 2.85. The molecule has 1 aromatic carbocycles. The summed E-state index contributed by atoms with van der Waals surface area (Å²) in [5.74, 6) is -0.207. The van der Waals surface area contributed by atoms with E-state index in [9.17, 15) is 4.39 Å². The second kappa shape index (κ2) is 5.99. The molecule has 0 spiro atoms. The zero-order valence-electron chi connectivity index (χ0n) is 9.92. The first-order valence-corrected chi connectivity index (χ1v) is 6.44. The van der Waals surface area contributed by atoms with Crippen LogP contribution in [0.1, 0.15) is 10.9 Å². The van der Waals surface area contributed by atoms with Crippen LogP contribution in [0.3, 0.4) is 0 Å². The molecule has 19 heavy (non-hydrogen) atoms. The van der Waals surface area contributed by atoms with Crippen molar-refractivity contribution in [1.29, 1.82) is 0 Å². The lowest BCUT2D eigenvalue weighted by molar-refractivity contribution is 0.628. The lowest BCUT2D eigenvalue weighted by Crippen LogP contribution is -2.07. The van der Waals surface area contributed by atoms with Crippen molar-refractivity contribution in [2.24, 2.45) is 4.99 Å². The molecule has 0 amide bonds. The van der Waals surface area contributed by atoms with E-state index in [0.29, 0.717) is 0 Å². The summed E-state index contributed by atoms with van der Waals surface area (Å²) in [6.07, 6.45) is 5.59. The van der Waals surface area contributed by atoms with Crippen LogP contribution in [-0.4, -0.2) is 6.34 Å². The van der Waals surface area contributed by atoms with Crippen LogP contribution in [0.25, 0.3) is 10.4 Å². The van der Waals surface area contributed by atoms with Crippen LogP contribution in [0.2, 0.25) is 0 Å². The highest BCUT2D eigenvalue weighted by atomic mass is 35.5. The first kappa shape index (κ1) is 13.8. The molecule has 2 aromatic rings. The molecule has 0 bridgehead atoms. The second-order valence-electron chi connectivity index (χ2n) is 3.96. The third-order valence-corrected chi connectivity index (χ3v) is 3.94. The molecule has 1 aromatic heterocycles. The summed E-state index contributed by atoms with van der Waals surface area (Å²) in [5, 5.41) is 2.92. The molecule has 3 rings (SSSR count). The minimum atomic E-state index is -0.207. The summed E-state index contributed by atoms with van der Waals surface area (Å²) >= 11 is 1.68. The van der Waals surface area contributed by atoms with Crippen LogP contribution in [0, 0.1) is 5.82 Å². The predicted molar refractivity (Wildman–Crippen MR) is 80.5 cm³/mol. The van der Waals surface area contributed by atoms with Crippen LogP contribution in [0.15, 0.2) is 53.7 Å². The maximum Gasteiger partial charge on any atom is 0.123 e. The van der Waals surface area contributed by atoms with Crippen molar-refractivity contribution < 1.29 is 4.39 Å². The number of hydrogen-bond acceptors (Lipinski definition) is 3. The summed E-state index contributed by atoms with van der Waals surface area (Å²) in [4.78, 5) is 6.66. The Labute approximate surface area is 121 Å². The molecule has 0 fully saturated rings. The molecular formula is C14H12ClFN2S. The average molecular weight is 295 g/mol. The van der Waals surface area contributed by atoms with Gasteiger partial charge in [-0.25, -0.2) is 4.39 Å². The van der Waals surface area contributed by atoms with Gasteiger partial charge in [0.25, 0.3) is 0 Å². The molecule has 1 unspecified atom stereocenters. The maximum absolute atomic E-state index is 12.9. The van der Waals surface area contributed by atoms with Gasteiger partial charge in [-0.05, 0) is 35.9 Å². The van der Waals surface area contributed by atoms with Crippen molar-refractivity contribution in [3.05, 3.63) is 59.4 Å². The molecule has 0 aliphatic carbocycles. The number of halogens is 2. The molecule has 1 aliphatic heterocycles. The number of benzene rings is 1. The number of nitrogens with one attached hydrogen (secondary N) is 1. The molecule has 1 aliphatic rings. The van der Waals surface area contributed by atoms with Gasteiger partial charge in [0.2, 0.25) is 0 Å². The molecule has 2 nitrogen and oxygen atoms in total. The lowest BCUT2D eigenvalue weighted by atomic mass is 10.2. The van der Waals surface area contributed by atoms with Crippen molar-refractivity contribution in [2.75, 3.05) is 0 Å². The van der Waals surface area contributed by atoms with Gasteiger partial charge in [0, 0.05) is 16.0 Å². The Hall–Kier alpha value is -1.65. The Morgan fingerprint density at radius 3 is 2.58 bits per heavy atom. The Kier molecular flexibility index (Phi) is 4.35. The van der Waals surface area contributed by atoms with Crippen LogP contribution >= 0.6 is 23.7 Å². The molecule has 98 valence electrons. The van der Waals surface area contributed by atoms with Crippen molar-refractivity contribution in [3.8, 4) is 10.4 Å². The van der Waals surface area contributed by atoms with Crippen molar-refractivity contribution >= 4 is 30.1 Å². The van der Waals surface area contributed by atoms with Gasteiger partial charge in [0.1, 0.15) is 11.9 Å². The molecule has 1 atom stereocenters. The number of nitrogens with zero attached hydrogens (tertiary/aromatic N) is 1. The zero-order valence-corrected chi connectivity index (χ0v) is 11.5. The largest absolute Gasteiger partial charge is 0.353 e. The summed E-state index contributed by atoms with van der Waals surface area (Å²) in [5.41, 5.74) is 1.04. The van der Waals surface area contributed by atoms with Gasteiger partial charge in [-0.15, -0.1) is 23.7 Å². The average Bonchev–Trinajstić information content (AvgIpc) is 2.90. The minimum absolute atomic E-state index is 0. The molecule has 5 heteroatoms. The standard InChI is InChI=1S/C14H11FN2S.ClH/c15-11-3-1-10(2-4-11)13-5-6-14(18-13)12-7-8-16-9-17-12;/h1-9,12H,(H,16,17);1H. The lowest BCUT2D eigenvalue weighted by Gasteiger charge is -2.08. The fraction of sp³-hybridized carbons (Fsp3) is 0.0714. The number of aliphatic imine (C=N–C) groups is 1. The van der Waals surface area contributed by atoms with E-state index in [2.05, 4.69) is 22.4 Å². The normalized spacial score (nSPS) is 16.8. The van der Waals surface area contributed by atoms with E-state index in [4.69, 9.17) is 0 Å². The Bertz CT molecular complexity index is 592. The van der Waals surface area contributed by atoms with Gasteiger partial charge in [0.15, 0.2) is 0 Å². The van der Waals surface area contributed by atoms with Crippen molar-refractivity contribution in [3.63, 3.8) is 0 Å². The quantitative estimate of drug-likeness (QED) is 0.883. The van der Waals surface area contributed by atoms with Gasteiger partial charge in [-0.2, -0.15) is 0 Å². The highest BCUT2D eigenvalue weighted by Gasteiger charge is 2.11. The van der Waals surface area contributed by atoms with E-state index in [0.717, 1.165) is 10.4 Å². The Morgan fingerprint density at radius 1 is 1.11 bits per heavy atom. The van der Waals surface area contributed by atoms with Crippen LogP contribution < -0.4 is 5.32 Å². The molecule has 1 N–H and O–H groups in total. The smallest absolute Gasteiger partial charge is 0.123 e. The Morgan fingerprint density at radius 2 is 1.89 bits per heavy atom. The van der Waals surface area contributed by atoms with Gasteiger partial charge < -0.3 is 5.32 Å². The second-order valence-corrected chi connectivity index (χ2v) is 5.07. The fourth-order valence-electron chi connectivity index (χ4n) is 1.81. The summed E-state index contributed by atoms with van der Waals surface area (Å²) in [6, 6.07) is 10.8. The summed E-state index contributed by atoms with van der Waals surface area (Å²) < 4.78 is 12.9. The van der Waals surface area contributed by atoms with E-state index < -0.39 is 0 Å². The Balaban J connectivity index is 0.00000133. The first-order valence-electron chi connectivity index (χ1n) is 5.63. The van der Waals surface area contributed by atoms with E-state index in [1.807, 2.05) is 12.3 Å². The third-order valence-electron chi connectivity index (χ3n) is 2.73. The van der Waals surface area contributed by atoms with Crippen LogP contribution in [0.5, 0.6) is 0 Å². The topological polar surface area (TPSA) is 24.4 Å². The van der Waals surface area contributed by atoms with Gasteiger partial charge >= 0.3 is 0 Å². The molecule has 0 saturated heterocycles. The van der Waals surface area contributed by atoms with Crippen molar-refractivity contribution in [2.45, 2.75) is 6.04 Å². The van der Waals surface area contributed by atoms with Gasteiger partial charge in [-0.1, -0.05) is 12.1 Å². The highest BCUT2D eigenvalue weighted by Crippen LogP contribution is 2.33. The summed E-state index contributed by atoms with van der Waals surface area (Å²) in [6.45, 7) is 0. The maximum atomic E-state index is 12.9. The van der Waals surface area contributed by atoms with Gasteiger partial charge in [-0.3, -0.25) is 4.99 Å². The minimum Gasteiger partial charge on any atom is -0.353 e. The molecule has 2 heterocycles. The highest BCUT2D eigenvalue weighted by molar-refractivity contribution is 7.15. The molecular weight excluding hydrogens is 283 g/mol. The van der Waals surface area contributed by atoms with E-state index in [1.54, 1.807) is 29.8 Å². The zero-order chi connectivity index (χ0) is 12.4. The predicted octanol–water partition coefficient (Wildman–Crippen LogP) is 4.16. The summed E-state index contributed by atoms with van der Waals surface area (Å²) in [7, 11) is 0.